The van der Waals surface area contributed by atoms with Gasteiger partial charge in [-0.2, -0.15) is 0 Å². The molecule has 5 nitrogen and oxygen atoms in total. The third-order valence-electron chi connectivity index (χ3n) is 2.78. The van der Waals surface area contributed by atoms with Crippen molar-refractivity contribution in [2.75, 3.05) is 6.61 Å². The lowest BCUT2D eigenvalue weighted by Gasteiger charge is -2.06. The molecule has 0 bridgehead atoms. The zero-order chi connectivity index (χ0) is 13.0. The molecular weight excluding hydrogens is 230 g/mol. The molecule has 1 aromatic carbocycles. The van der Waals surface area contributed by atoms with E-state index < -0.39 is 0 Å². The van der Waals surface area contributed by atoms with E-state index in [-0.39, 0.29) is 5.69 Å². The SMILES string of the molecule is Cn1ccn(CCOc2ccc(CN)cc2)c1=O. The second kappa shape index (κ2) is 5.55. The summed E-state index contributed by atoms with van der Waals surface area (Å²) in [7, 11) is 1.73. The number of aromatic nitrogens is 2. The van der Waals surface area contributed by atoms with Crippen LogP contribution in [0.15, 0.2) is 41.5 Å². The summed E-state index contributed by atoms with van der Waals surface area (Å²) in [5, 5.41) is 0. The first kappa shape index (κ1) is 12.4. The van der Waals surface area contributed by atoms with Crippen molar-refractivity contribution in [2.45, 2.75) is 13.1 Å². The van der Waals surface area contributed by atoms with Crippen LogP contribution in [0.3, 0.4) is 0 Å². The van der Waals surface area contributed by atoms with E-state index in [2.05, 4.69) is 0 Å². The van der Waals surface area contributed by atoms with Gasteiger partial charge in [-0.15, -0.1) is 0 Å². The maximum atomic E-state index is 11.6. The molecule has 0 aliphatic rings. The molecule has 0 unspecified atom stereocenters. The molecular formula is C13H17N3O2. The average Bonchev–Trinajstić information content (AvgIpc) is 2.71. The Morgan fingerprint density at radius 3 is 2.50 bits per heavy atom. The summed E-state index contributed by atoms with van der Waals surface area (Å²) in [6.07, 6.45) is 3.49. The Balaban J connectivity index is 1.88. The van der Waals surface area contributed by atoms with Gasteiger partial charge in [0.15, 0.2) is 0 Å². The summed E-state index contributed by atoms with van der Waals surface area (Å²) in [6.45, 7) is 1.53. The highest BCUT2D eigenvalue weighted by Gasteiger charge is 2.00. The monoisotopic (exact) mass is 247 g/mol. The number of hydrogen-bond acceptors (Lipinski definition) is 3. The lowest BCUT2D eigenvalue weighted by molar-refractivity contribution is 0.296. The van der Waals surface area contributed by atoms with E-state index in [0.717, 1.165) is 11.3 Å². The predicted octanol–water partition coefficient (Wildman–Crippen LogP) is 0.725. The summed E-state index contributed by atoms with van der Waals surface area (Å²) in [4.78, 5) is 11.6. The number of rotatable bonds is 5. The lowest BCUT2D eigenvalue weighted by Crippen LogP contribution is -2.24. The fraction of sp³-hybridized carbons (Fsp3) is 0.308. The van der Waals surface area contributed by atoms with Crippen molar-refractivity contribution in [3.63, 3.8) is 0 Å². The first-order chi connectivity index (χ1) is 8.70. The molecule has 0 saturated carbocycles. The molecule has 0 fully saturated rings. The topological polar surface area (TPSA) is 62.2 Å². The van der Waals surface area contributed by atoms with Gasteiger partial charge in [0, 0.05) is 26.0 Å². The van der Waals surface area contributed by atoms with Gasteiger partial charge < -0.3 is 15.0 Å². The minimum atomic E-state index is -0.0305. The zero-order valence-electron chi connectivity index (χ0n) is 10.4. The molecule has 0 spiro atoms. The molecule has 0 radical (unpaired) electrons. The highest BCUT2D eigenvalue weighted by atomic mass is 16.5. The van der Waals surface area contributed by atoms with E-state index in [9.17, 15) is 4.79 Å². The Bertz CT molecular complexity index is 554. The van der Waals surface area contributed by atoms with Crippen LogP contribution in [0.2, 0.25) is 0 Å². The first-order valence-corrected chi connectivity index (χ1v) is 5.84. The number of nitrogens with zero attached hydrogens (tertiary/aromatic N) is 2. The van der Waals surface area contributed by atoms with E-state index >= 15 is 0 Å². The van der Waals surface area contributed by atoms with Crippen LogP contribution in [-0.2, 0) is 20.1 Å². The number of nitrogens with two attached hydrogens (primary N) is 1. The minimum absolute atomic E-state index is 0.0305. The van der Waals surface area contributed by atoms with Gasteiger partial charge in [-0.1, -0.05) is 12.1 Å². The maximum absolute atomic E-state index is 11.6. The quantitative estimate of drug-likeness (QED) is 0.847. The summed E-state index contributed by atoms with van der Waals surface area (Å²) in [6, 6.07) is 7.64. The number of imidazole rings is 1. The smallest absolute Gasteiger partial charge is 0.327 e. The molecule has 0 atom stereocenters. The molecule has 0 aliphatic heterocycles. The van der Waals surface area contributed by atoms with E-state index in [1.54, 1.807) is 24.0 Å². The van der Waals surface area contributed by atoms with Crippen LogP contribution in [0.4, 0.5) is 0 Å². The maximum Gasteiger partial charge on any atom is 0.327 e. The third kappa shape index (κ3) is 2.81. The Labute approximate surface area is 105 Å². The fourth-order valence-electron chi connectivity index (χ4n) is 1.66. The van der Waals surface area contributed by atoms with Gasteiger partial charge in [-0.05, 0) is 17.7 Å². The Morgan fingerprint density at radius 1 is 1.22 bits per heavy atom. The third-order valence-corrected chi connectivity index (χ3v) is 2.78. The van der Waals surface area contributed by atoms with Crippen molar-refractivity contribution in [1.29, 1.82) is 0 Å². The van der Waals surface area contributed by atoms with Crippen LogP contribution in [0, 0.1) is 0 Å². The molecule has 1 heterocycles. The second-order valence-corrected chi connectivity index (χ2v) is 4.08. The molecule has 2 aromatic rings. The summed E-state index contributed by atoms with van der Waals surface area (Å²) >= 11 is 0. The van der Waals surface area contributed by atoms with E-state index in [1.807, 2.05) is 24.3 Å². The van der Waals surface area contributed by atoms with Crippen molar-refractivity contribution >= 4 is 0 Å². The molecule has 0 aliphatic carbocycles. The van der Waals surface area contributed by atoms with Crippen LogP contribution >= 0.6 is 0 Å². The Kier molecular flexibility index (Phi) is 3.84. The lowest BCUT2D eigenvalue weighted by atomic mass is 10.2. The van der Waals surface area contributed by atoms with Crippen molar-refractivity contribution in [3.8, 4) is 5.75 Å². The number of aryl methyl sites for hydroxylation is 1. The van der Waals surface area contributed by atoms with E-state index in [1.165, 1.54) is 4.57 Å². The van der Waals surface area contributed by atoms with Crippen LogP contribution in [0.25, 0.3) is 0 Å². The molecule has 1 aromatic heterocycles. The van der Waals surface area contributed by atoms with E-state index in [4.69, 9.17) is 10.5 Å². The van der Waals surface area contributed by atoms with Crippen molar-refractivity contribution < 1.29 is 4.74 Å². The minimum Gasteiger partial charge on any atom is -0.492 e. The normalized spacial score (nSPS) is 10.6. The largest absolute Gasteiger partial charge is 0.492 e. The molecule has 0 saturated heterocycles. The van der Waals surface area contributed by atoms with Crippen LogP contribution in [0.1, 0.15) is 5.56 Å². The predicted molar refractivity (Wildman–Crippen MR) is 69.5 cm³/mol. The van der Waals surface area contributed by atoms with E-state index in [0.29, 0.717) is 19.7 Å². The van der Waals surface area contributed by atoms with Crippen molar-refractivity contribution in [3.05, 3.63) is 52.7 Å². The Hall–Kier alpha value is -2.01. The second-order valence-electron chi connectivity index (χ2n) is 4.08. The molecule has 0 amide bonds. The average molecular weight is 247 g/mol. The number of hydrogen-bond donors (Lipinski definition) is 1. The summed E-state index contributed by atoms with van der Waals surface area (Å²) in [5.41, 5.74) is 6.55. The summed E-state index contributed by atoms with van der Waals surface area (Å²) < 4.78 is 8.72. The standard InChI is InChI=1S/C13H17N3O2/c1-15-6-7-16(13(15)17)8-9-18-12-4-2-11(10-14)3-5-12/h2-7H,8-10,14H2,1H3. The van der Waals surface area contributed by atoms with Gasteiger partial charge in [0.25, 0.3) is 0 Å². The number of benzene rings is 1. The van der Waals surface area contributed by atoms with Gasteiger partial charge >= 0.3 is 5.69 Å². The molecule has 2 N–H and O–H groups in total. The molecule has 5 heteroatoms. The number of ether oxygens (including phenoxy) is 1. The van der Waals surface area contributed by atoms with Gasteiger partial charge in [0.2, 0.25) is 0 Å². The zero-order valence-corrected chi connectivity index (χ0v) is 10.4. The highest BCUT2D eigenvalue weighted by molar-refractivity contribution is 5.26. The van der Waals surface area contributed by atoms with Crippen molar-refractivity contribution in [2.24, 2.45) is 12.8 Å². The fourth-order valence-corrected chi connectivity index (χ4v) is 1.66. The van der Waals surface area contributed by atoms with Crippen LogP contribution in [0.5, 0.6) is 5.75 Å². The van der Waals surface area contributed by atoms with Gasteiger partial charge in [-0.3, -0.25) is 4.57 Å². The highest BCUT2D eigenvalue weighted by Crippen LogP contribution is 2.11. The Morgan fingerprint density at radius 2 is 1.94 bits per heavy atom. The van der Waals surface area contributed by atoms with Crippen molar-refractivity contribution in [1.82, 2.24) is 9.13 Å². The summed E-state index contributed by atoms with van der Waals surface area (Å²) in [5.74, 6) is 0.788. The van der Waals surface area contributed by atoms with Gasteiger partial charge in [-0.25, -0.2) is 4.79 Å². The molecule has 18 heavy (non-hydrogen) atoms. The van der Waals surface area contributed by atoms with Gasteiger partial charge in [0.05, 0.1) is 6.54 Å². The van der Waals surface area contributed by atoms with Crippen LogP contribution < -0.4 is 16.2 Å². The van der Waals surface area contributed by atoms with Crippen LogP contribution in [-0.4, -0.2) is 15.7 Å². The first-order valence-electron chi connectivity index (χ1n) is 5.84. The molecule has 2 rings (SSSR count). The molecule has 96 valence electrons. The van der Waals surface area contributed by atoms with Gasteiger partial charge in [0.1, 0.15) is 12.4 Å².